The maximum Gasteiger partial charge on any atom is 0.250 e. The van der Waals surface area contributed by atoms with Crippen molar-refractivity contribution >= 4 is 27.3 Å². The lowest BCUT2D eigenvalue weighted by molar-refractivity contribution is -0.119. The lowest BCUT2D eigenvalue weighted by atomic mass is 10.1. The highest BCUT2D eigenvalue weighted by Gasteiger charge is 2.38. The van der Waals surface area contributed by atoms with Gasteiger partial charge in [0.05, 0.1) is 11.9 Å². The first-order chi connectivity index (χ1) is 12.6. The molecule has 0 aromatic heterocycles. The summed E-state index contributed by atoms with van der Waals surface area (Å²) in [4.78, 5) is 14.8. The molecule has 1 amide bonds. The first-order valence-electron chi connectivity index (χ1n) is 8.46. The fourth-order valence-corrected chi connectivity index (χ4v) is 4.69. The Bertz CT molecular complexity index is 994. The van der Waals surface area contributed by atoms with Crippen molar-refractivity contribution in [3.05, 3.63) is 59.7 Å². The molecule has 0 saturated carbocycles. The molecule has 0 N–H and O–H groups in total. The van der Waals surface area contributed by atoms with Crippen LogP contribution in [-0.4, -0.2) is 32.7 Å². The molecule has 0 saturated heterocycles. The predicted octanol–water partition coefficient (Wildman–Crippen LogP) is 3.10. The first kappa shape index (κ1) is 19.3. The topological polar surface area (TPSA) is 57.7 Å². The minimum atomic E-state index is -3.92. The number of sulfonamides is 1. The summed E-state index contributed by atoms with van der Waals surface area (Å²) in [5.74, 6) is -2.70. The van der Waals surface area contributed by atoms with Crippen LogP contribution in [0.25, 0.3) is 0 Å². The normalized spacial score (nSPS) is 17.5. The van der Waals surface area contributed by atoms with Crippen LogP contribution in [0.15, 0.2) is 42.5 Å². The maximum absolute atomic E-state index is 13.7. The van der Waals surface area contributed by atoms with Gasteiger partial charge >= 0.3 is 0 Å². The van der Waals surface area contributed by atoms with Crippen LogP contribution in [-0.2, 0) is 21.2 Å². The van der Waals surface area contributed by atoms with E-state index in [9.17, 15) is 22.0 Å². The van der Waals surface area contributed by atoms with E-state index < -0.39 is 33.6 Å². The van der Waals surface area contributed by atoms with Gasteiger partial charge in [-0.3, -0.25) is 9.10 Å². The number of nitrogens with zero attached hydrogens (tertiary/aromatic N) is 2. The number of carbonyl (C=O) groups is 1. The minimum absolute atomic E-state index is 0.0996. The quantitative estimate of drug-likeness (QED) is 0.801. The highest BCUT2D eigenvalue weighted by atomic mass is 32.2. The number of benzene rings is 2. The van der Waals surface area contributed by atoms with E-state index in [0.717, 1.165) is 40.0 Å². The molecule has 1 heterocycles. The SMILES string of the molecule is C[C@H]1Cc2ccccc2N1C(=O)[C@H](C)N(c1ccc(F)c(F)c1)S(C)(=O)=O. The molecule has 2 atom stereocenters. The Morgan fingerprint density at radius 1 is 1.19 bits per heavy atom. The van der Waals surface area contributed by atoms with Gasteiger partial charge in [-0.25, -0.2) is 17.2 Å². The Hall–Kier alpha value is -2.48. The van der Waals surface area contributed by atoms with E-state index >= 15 is 0 Å². The minimum Gasteiger partial charge on any atom is -0.307 e. The molecular weight excluding hydrogens is 374 g/mol. The van der Waals surface area contributed by atoms with E-state index in [0.29, 0.717) is 6.42 Å². The van der Waals surface area contributed by atoms with Crippen molar-refractivity contribution < 1.29 is 22.0 Å². The van der Waals surface area contributed by atoms with Gasteiger partial charge in [-0.05, 0) is 44.0 Å². The van der Waals surface area contributed by atoms with Gasteiger partial charge in [0, 0.05) is 17.8 Å². The Balaban J connectivity index is 2.01. The highest BCUT2D eigenvalue weighted by molar-refractivity contribution is 7.92. The predicted molar refractivity (Wildman–Crippen MR) is 100 cm³/mol. The van der Waals surface area contributed by atoms with Crippen LogP contribution in [0.5, 0.6) is 0 Å². The van der Waals surface area contributed by atoms with Crippen molar-refractivity contribution in [2.45, 2.75) is 32.4 Å². The summed E-state index contributed by atoms with van der Waals surface area (Å²) >= 11 is 0. The molecule has 0 fully saturated rings. The molecule has 5 nitrogen and oxygen atoms in total. The summed E-state index contributed by atoms with van der Waals surface area (Å²) in [5, 5.41) is 0. The molecule has 1 aliphatic heterocycles. The molecule has 27 heavy (non-hydrogen) atoms. The molecule has 0 bridgehead atoms. The highest BCUT2D eigenvalue weighted by Crippen LogP contribution is 2.33. The number of amides is 1. The van der Waals surface area contributed by atoms with Gasteiger partial charge in [0.25, 0.3) is 5.91 Å². The number of hydrogen-bond donors (Lipinski definition) is 0. The summed E-state index contributed by atoms with van der Waals surface area (Å²) in [5.41, 5.74) is 1.64. The third kappa shape index (κ3) is 3.53. The molecule has 3 rings (SSSR count). The average molecular weight is 394 g/mol. The Morgan fingerprint density at radius 2 is 1.85 bits per heavy atom. The number of rotatable bonds is 4. The number of para-hydroxylation sites is 1. The summed E-state index contributed by atoms with van der Waals surface area (Å²) < 4.78 is 52.5. The van der Waals surface area contributed by atoms with E-state index in [4.69, 9.17) is 0 Å². The molecular formula is C19H20F2N2O3S. The molecule has 0 aliphatic carbocycles. The summed E-state index contributed by atoms with van der Waals surface area (Å²) in [6.07, 6.45) is 1.60. The molecule has 1 aliphatic rings. The maximum atomic E-state index is 13.7. The monoisotopic (exact) mass is 394 g/mol. The van der Waals surface area contributed by atoms with Crippen LogP contribution < -0.4 is 9.21 Å². The van der Waals surface area contributed by atoms with Crippen LogP contribution in [0, 0.1) is 11.6 Å². The zero-order valence-electron chi connectivity index (χ0n) is 15.2. The van der Waals surface area contributed by atoms with Crippen molar-refractivity contribution in [1.82, 2.24) is 0 Å². The van der Waals surface area contributed by atoms with Gasteiger partial charge in [0.1, 0.15) is 6.04 Å². The lowest BCUT2D eigenvalue weighted by Gasteiger charge is -2.33. The molecule has 2 aromatic rings. The number of hydrogen-bond acceptors (Lipinski definition) is 3. The molecule has 8 heteroatoms. The molecule has 0 spiro atoms. The van der Waals surface area contributed by atoms with Gasteiger partial charge in [-0.1, -0.05) is 18.2 Å². The van der Waals surface area contributed by atoms with E-state index in [1.165, 1.54) is 6.92 Å². The fraction of sp³-hybridized carbons (Fsp3) is 0.316. The number of halogens is 2. The largest absolute Gasteiger partial charge is 0.307 e. The zero-order valence-corrected chi connectivity index (χ0v) is 16.0. The van der Waals surface area contributed by atoms with Crippen LogP contribution in [0.3, 0.4) is 0 Å². The Labute approximate surface area is 157 Å². The van der Waals surface area contributed by atoms with Crippen molar-refractivity contribution in [2.75, 3.05) is 15.5 Å². The second kappa shape index (κ2) is 6.92. The van der Waals surface area contributed by atoms with Crippen molar-refractivity contribution in [2.24, 2.45) is 0 Å². The second-order valence-electron chi connectivity index (χ2n) is 6.72. The summed E-state index contributed by atoms with van der Waals surface area (Å²) in [6, 6.07) is 8.93. The van der Waals surface area contributed by atoms with Crippen LogP contribution >= 0.6 is 0 Å². The van der Waals surface area contributed by atoms with Crippen molar-refractivity contribution in [1.29, 1.82) is 0 Å². The van der Waals surface area contributed by atoms with E-state index in [-0.39, 0.29) is 11.7 Å². The third-order valence-electron chi connectivity index (χ3n) is 4.67. The van der Waals surface area contributed by atoms with Crippen molar-refractivity contribution in [3.63, 3.8) is 0 Å². The number of carbonyl (C=O) groups excluding carboxylic acids is 1. The first-order valence-corrected chi connectivity index (χ1v) is 10.3. The van der Waals surface area contributed by atoms with Gasteiger partial charge in [-0.2, -0.15) is 0 Å². The Kier molecular flexibility index (Phi) is 4.94. The smallest absolute Gasteiger partial charge is 0.250 e. The van der Waals surface area contributed by atoms with E-state index in [1.807, 2.05) is 31.2 Å². The van der Waals surface area contributed by atoms with Crippen LogP contribution in [0.1, 0.15) is 19.4 Å². The molecule has 0 radical (unpaired) electrons. The van der Waals surface area contributed by atoms with Gasteiger partial charge < -0.3 is 4.90 Å². The van der Waals surface area contributed by atoms with E-state index in [2.05, 4.69) is 0 Å². The average Bonchev–Trinajstić information content (AvgIpc) is 2.92. The van der Waals surface area contributed by atoms with E-state index in [1.54, 1.807) is 4.90 Å². The van der Waals surface area contributed by atoms with Gasteiger partial charge in [0.15, 0.2) is 11.6 Å². The van der Waals surface area contributed by atoms with Crippen LogP contribution in [0.2, 0.25) is 0 Å². The number of anilines is 2. The summed E-state index contributed by atoms with van der Waals surface area (Å²) in [7, 11) is -3.92. The number of fused-ring (bicyclic) bond motifs is 1. The van der Waals surface area contributed by atoms with Gasteiger partial charge in [-0.15, -0.1) is 0 Å². The Morgan fingerprint density at radius 3 is 2.48 bits per heavy atom. The van der Waals surface area contributed by atoms with Gasteiger partial charge in [0.2, 0.25) is 10.0 Å². The molecule has 2 aromatic carbocycles. The summed E-state index contributed by atoms with van der Waals surface area (Å²) in [6.45, 7) is 3.32. The molecule has 0 unspecified atom stereocenters. The lowest BCUT2D eigenvalue weighted by Crippen LogP contribution is -2.51. The third-order valence-corrected chi connectivity index (χ3v) is 5.91. The second-order valence-corrected chi connectivity index (χ2v) is 8.58. The standard InChI is InChI=1S/C19H20F2N2O3S/c1-12-10-14-6-4-5-7-18(14)22(12)19(24)13(2)23(27(3,25)26)15-8-9-16(20)17(21)11-15/h4-9,11-13H,10H2,1-3H3/t12-,13-/m0/s1. The fourth-order valence-electron chi connectivity index (χ4n) is 3.53. The zero-order chi connectivity index (χ0) is 19.9. The van der Waals surface area contributed by atoms with Crippen molar-refractivity contribution in [3.8, 4) is 0 Å². The van der Waals surface area contributed by atoms with Crippen LogP contribution in [0.4, 0.5) is 20.2 Å². The molecule has 144 valence electrons.